The number of rotatable bonds is 10. The quantitative estimate of drug-likeness (QED) is 0.266. The first-order valence-corrected chi connectivity index (χ1v) is 13.2. The molecular weight excluding hydrogens is 476 g/mol. The summed E-state index contributed by atoms with van der Waals surface area (Å²) in [5, 5.41) is 6.39. The molecule has 0 saturated carbocycles. The van der Waals surface area contributed by atoms with E-state index in [1.807, 2.05) is 97.9 Å². The van der Waals surface area contributed by atoms with Crippen LogP contribution in [0.2, 0.25) is 0 Å². The Kier molecular flexibility index (Phi) is 9.02. The van der Waals surface area contributed by atoms with Gasteiger partial charge in [0.1, 0.15) is 11.6 Å². The van der Waals surface area contributed by atoms with Crippen molar-refractivity contribution in [3.8, 4) is 11.1 Å². The van der Waals surface area contributed by atoms with Crippen LogP contribution in [0.3, 0.4) is 0 Å². The zero-order valence-electron chi connectivity index (χ0n) is 23.9. The number of hydrogen-bond acceptors (Lipinski definition) is 5. The fourth-order valence-electron chi connectivity index (χ4n) is 3.93. The van der Waals surface area contributed by atoms with E-state index in [9.17, 15) is 9.59 Å². The molecule has 0 fully saturated rings. The maximum Gasteiger partial charge on any atom is 0.329 e. The summed E-state index contributed by atoms with van der Waals surface area (Å²) in [5.74, 6) is -0.530. The van der Waals surface area contributed by atoms with Crippen molar-refractivity contribution in [1.29, 1.82) is 0 Å². The van der Waals surface area contributed by atoms with Gasteiger partial charge in [-0.1, -0.05) is 58.9 Å². The highest BCUT2D eigenvalue weighted by Crippen LogP contribution is 2.34. The number of H-pyrrole nitrogens is 1. The Labute approximate surface area is 226 Å². The summed E-state index contributed by atoms with van der Waals surface area (Å²) in [6.07, 6.45) is 3.89. The molecule has 0 aliphatic rings. The van der Waals surface area contributed by atoms with E-state index >= 15 is 0 Å². The molecule has 1 aromatic heterocycles. The minimum atomic E-state index is -0.757. The van der Waals surface area contributed by atoms with Crippen LogP contribution in [-0.4, -0.2) is 33.5 Å². The first-order valence-electron chi connectivity index (χ1n) is 13.2. The number of carbonyl (C=O) groups excluding carboxylic acids is 2. The SMILES string of the molecule is Cc1ccccc1-c1cc(NCc2cnc[nH]2)ccc1C(=O)NC(CC(C)C)C(=O)OC(C)(C)C(C)(C)C. The predicted octanol–water partition coefficient (Wildman–Crippen LogP) is 6.51. The van der Waals surface area contributed by atoms with E-state index in [1.54, 1.807) is 12.5 Å². The predicted molar refractivity (Wildman–Crippen MR) is 153 cm³/mol. The molecule has 0 spiro atoms. The Morgan fingerprint density at radius 3 is 2.34 bits per heavy atom. The molecule has 3 N–H and O–H groups in total. The molecule has 1 unspecified atom stereocenters. The minimum absolute atomic E-state index is 0.190. The van der Waals surface area contributed by atoms with Gasteiger partial charge in [0, 0.05) is 22.9 Å². The number of aromatic nitrogens is 2. The first-order chi connectivity index (χ1) is 17.8. The van der Waals surface area contributed by atoms with Crippen molar-refractivity contribution in [2.45, 2.75) is 80.0 Å². The number of nitrogens with zero attached hydrogens (tertiary/aromatic N) is 1. The normalized spacial score (nSPS) is 12.8. The molecule has 3 rings (SSSR count). The van der Waals surface area contributed by atoms with Crippen LogP contribution in [0.5, 0.6) is 0 Å². The Morgan fingerprint density at radius 2 is 1.74 bits per heavy atom. The van der Waals surface area contributed by atoms with E-state index in [-0.39, 0.29) is 17.2 Å². The van der Waals surface area contributed by atoms with Gasteiger partial charge < -0.3 is 20.4 Å². The molecule has 7 nitrogen and oxygen atoms in total. The Hall–Kier alpha value is -3.61. The van der Waals surface area contributed by atoms with Crippen molar-refractivity contribution in [3.63, 3.8) is 0 Å². The number of esters is 1. The smallest absolute Gasteiger partial charge is 0.329 e. The fraction of sp³-hybridized carbons (Fsp3) is 0.452. The maximum absolute atomic E-state index is 13.7. The first kappa shape index (κ1) is 29.0. The molecule has 38 heavy (non-hydrogen) atoms. The number of amides is 1. The van der Waals surface area contributed by atoms with E-state index in [4.69, 9.17) is 4.74 Å². The Morgan fingerprint density at radius 1 is 1.03 bits per heavy atom. The molecule has 7 heteroatoms. The van der Waals surface area contributed by atoms with Crippen LogP contribution in [0.4, 0.5) is 5.69 Å². The van der Waals surface area contributed by atoms with Gasteiger partial charge in [0.05, 0.1) is 18.6 Å². The van der Waals surface area contributed by atoms with E-state index < -0.39 is 17.6 Å². The van der Waals surface area contributed by atoms with Crippen LogP contribution in [0.25, 0.3) is 11.1 Å². The van der Waals surface area contributed by atoms with Crippen LogP contribution in [-0.2, 0) is 16.1 Å². The van der Waals surface area contributed by atoms with Crippen LogP contribution in [0.15, 0.2) is 55.0 Å². The highest BCUT2D eigenvalue weighted by Gasteiger charge is 2.38. The van der Waals surface area contributed by atoms with Crippen LogP contribution in [0, 0.1) is 18.3 Å². The summed E-state index contributed by atoms with van der Waals surface area (Å²) in [4.78, 5) is 34.2. The number of anilines is 1. The average molecular weight is 519 g/mol. The van der Waals surface area contributed by atoms with Crippen molar-refractivity contribution < 1.29 is 14.3 Å². The molecule has 3 aromatic rings. The number of aryl methyl sites for hydroxylation is 1. The van der Waals surface area contributed by atoms with Gasteiger partial charge >= 0.3 is 5.97 Å². The van der Waals surface area contributed by atoms with Crippen molar-refractivity contribution in [2.24, 2.45) is 11.3 Å². The van der Waals surface area contributed by atoms with Crippen LogP contribution >= 0.6 is 0 Å². The van der Waals surface area contributed by atoms with Crippen molar-refractivity contribution in [2.75, 3.05) is 5.32 Å². The average Bonchev–Trinajstić information content (AvgIpc) is 3.35. The summed E-state index contributed by atoms with van der Waals surface area (Å²) >= 11 is 0. The third kappa shape index (κ3) is 7.24. The van der Waals surface area contributed by atoms with Crippen molar-refractivity contribution in [1.82, 2.24) is 15.3 Å². The molecule has 0 aliphatic heterocycles. The van der Waals surface area contributed by atoms with E-state index in [2.05, 4.69) is 20.6 Å². The summed E-state index contributed by atoms with van der Waals surface area (Å²) in [6, 6.07) is 12.9. The molecule has 0 radical (unpaired) electrons. The lowest BCUT2D eigenvalue weighted by atomic mass is 9.79. The molecule has 2 aromatic carbocycles. The number of ether oxygens (including phenoxy) is 1. The second-order valence-corrected chi connectivity index (χ2v) is 11.8. The summed E-state index contributed by atoms with van der Waals surface area (Å²) in [5.41, 5.74) is 4.18. The molecule has 1 heterocycles. The molecule has 0 bridgehead atoms. The van der Waals surface area contributed by atoms with E-state index in [1.165, 1.54) is 0 Å². The minimum Gasteiger partial charge on any atom is -0.458 e. The topological polar surface area (TPSA) is 96.1 Å². The number of aromatic amines is 1. The molecule has 0 saturated heterocycles. The molecule has 204 valence electrons. The van der Waals surface area contributed by atoms with Gasteiger partial charge in [-0.2, -0.15) is 0 Å². The van der Waals surface area contributed by atoms with Gasteiger partial charge in [0.2, 0.25) is 0 Å². The number of carbonyl (C=O) groups is 2. The lowest BCUT2D eigenvalue weighted by molar-refractivity contribution is -0.170. The van der Waals surface area contributed by atoms with Gasteiger partial charge in [0.15, 0.2) is 0 Å². The Bertz CT molecular complexity index is 1240. The van der Waals surface area contributed by atoms with Crippen molar-refractivity contribution in [3.05, 3.63) is 71.8 Å². The summed E-state index contributed by atoms with van der Waals surface area (Å²) < 4.78 is 5.95. The number of imidazole rings is 1. The standard InChI is InChI=1S/C31H42N4O3/c1-20(2)15-27(29(37)38-31(7,8)30(4,5)6)35-28(36)25-14-13-22(33-18-23-17-32-19-34-23)16-26(25)24-12-10-9-11-21(24)3/h9-14,16-17,19-20,27,33H,15,18H2,1-8H3,(H,32,34)(H,35,36). The lowest BCUT2D eigenvalue weighted by Gasteiger charge is -2.39. The van der Waals surface area contributed by atoms with Gasteiger partial charge in [-0.15, -0.1) is 0 Å². The highest BCUT2D eigenvalue weighted by molar-refractivity contribution is 6.03. The third-order valence-corrected chi connectivity index (χ3v) is 7.20. The molecular formula is C31H42N4O3. The van der Waals surface area contributed by atoms with Gasteiger partial charge in [-0.05, 0) is 68.0 Å². The van der Waals surface area contributed by atoms with E-state index in [0.717, 1.165) is 28.1 Å². The second kappa shape index (κ2) is 11.8. The second-order valence-electron chi connectivity index (χ2n) is 11.8. The summed E-state index contributed by atoms with van der Waals surface area (Å²) in [7, 11) is 0. The maximum atomic E-state index is 13.7. The van der Waals surface area contributed by atoms with E-state index in [0.29, 0.717) is 18.5 Å². The fourth-order valence-corrected chi connectivity index (χ4v) is 3.93. The third-order valence-electron chi connectivity index (χ3n) is 7.20. The van der Waals surface area contributed by atoms with Crippen molar-refractivity contribution >= 4 is 17.6 Å². The lowest BCUT2D eigenvalue weighted by Crippen LogP contribution is -2.49. The molecule has 0 aliphatic carbocycles. The summed E-state index contributed by atoms with van der Waals surface area (Å²) in [6.45, 7) is 16.6. The largest absolute Gasteiger partial charge is 0.458 e. The zero-order valence-corrected chi connectivity index (χ0v) is 23.9. The molecule has 1 atom stereocenters. The number of nitrogens with one attached hydrogen (secondary N) is 3. The van der Waals surface area contributed by atoms with Gasteiger partial charge in [0.25, 0.3) is 5.91 Å². The molecule has 1 amide bonds. The van der Waals surface area contributed by atoms with Gasteiger partial charge in [-0.3, -0.25) is 4.79 Å². The monoisotopic (exact) mass is 518 g/mol. The van der Waals surface area contributed by atoms with Gasteiger partial charge in [-0.25, -0.2) is 9.78 Å². The zero-order chi connectivity index (χ0) is 28.1. The highest BCUT2D eigenvalue weighted by atomic mass is 16.6. The Balaban J connectivity index is 1.92. The number of hydrogen-bond donors (Lipinski definition) is 3. The van der Waals surface area contributed by atoms with Crippen LogP contribution in [0.1, 0.15) is 76.5 Å². The number of benzene rings is 2. The van der Waals surface area contributed by atoms with Crippen LogP contribution < -0.4 is 10.6 Å².